The number of H-pyrrole nitrogens is 1. The van der Waals surface area contributed by atoms with E-state index in [1.54, 1.807) is 6.92 Å². The quantitative estimate of drug-likeness (QED) is 0.751. The van der Waals surface area contributed by atoms with E-state index < -0.39 is 0 Å². The smallest absolute Gasteiger partial charge is 0.288 e. The van der Waals surface area contributed by atoms with Gasteiger partial charge < -0.3 is 10.2 Å². The fourth-order valence-corrected chi connectivity index (χ4v) is 3.88. The number of nitrogens with zero attached hydrogens (tertiary/aromatic N) is 3. The molecule has 3 heterocycles. The number of thioether (sulfide) groups is 1. The zero-order valence-electron chi connectivity index (χ0n) is 15.4. The Bertz CT molecular complexity index is 800. The number of aryl methyl sites for hydroxylation is 1. The van der Waals surface area contributed by atoms with Crippen LogP contribution in [0, 0.1) is 13.8 Å². The molecular formula is C17H23N5O4S. The Labute approximate surface area is 160 Å². The summed E-state index contributed by atoms with van der Waals surface area (Å²) in [5.41, 5.74) is 1.21. The molecule has 0 bridgehead atoms. The second kappa shape index (κ2) is 8.12. The zero-order valence-corrected chi connectivity index (χ0v) is 16.2. The molecule has 0 atom stereocenters. The Morgan fingerprint density at radius 3 is 2.56 bits per heavy atom. The van der Waals surface area contributed by atoms with Crippen molar-refractivity contribution in [3.63, 3.8) is 0 Å². The van der Waals surface area contributed by atoms with E-state index in [1.165, 1.54) is 0 Å². The summed E-state index contributed by atoms with van der Waals surface area (Å²) in [6.07, 6.45) is 1.59. The molecule has 0 radical (unpaired) electrons. The van der Waals surface area contributed by atoms with Crippen molar-refractivity contribution in [2.24, 2.45) is 0 Å². The summed E-state index contributed by atoms with van der Waals surface area (Å²) in [7, 11) is 0. The van der Waals surface area contributed by atoms with Gasteiger partial charge in [-0.25, -0.2) is 4.98 Å². The first kappa shape index (κ1) is 19.4. The standard InChI is InChI=1S/C17H23N5O4S/c1-10-11(2)18-16(20-15(10)25)21-6-3-12(4-7-21)19-13(23)5-8-22-14(24)9-27-17(22)26/h12H,3-9H2,1-2H3,(H,19,23)(H,18,20,25). The number of carbonyl (C=O) groups is 3. The van der Waals surface area contributed by atoms with Crippen molar-refractivity contribution in [3.05, 3.63) is 21.6 Å². The summed E-state index contributed by atoms with van der Waals surface area (Å²) in [5.74, 6) is 0.328. The third-order valence-electron chi connectivity index (χ3n) is 4.94. The second-order valence-corrected chi connectivity index (χ2v) is 7.71. The van der Waals surface area contributed by atoms with Gasteiger partial charge in [0.1, 0.15) is 0 Å². The van der Waals surface area contributed by atoms with Crippen molar-refractivity contribution in [2.75, 3.05) is 30.3 Å². The molecule has 2 saturated heterocycles. The van der Waals surface area contributed by atoms with Gasteiger partial charge in [0, 0.05) is 43.4 Å². The highest BCUT2D eigenvalue weighted by Gasteiger charge is 2.30. The van der Waals surface area contributed by atoms with Crippen molar-refractivity contribution in [1.82, 2.24) is 20.2 Å². The number of hydrogen-bond acceptors (Lipinski definition) is 7. The number of carbonyl (C=O) groups excluding carboxylic acids is 3. The zero-order chi connectivity index (χ0) is 19.6. The first-order valence-electron chi connectivity index (χ1n) is 8.94. The Kier molecular flexibility index (Phi) is 5.83. The number of piperidine rings is 1. The van der Waals surface area contributed by atoms with E-state index >= 15 is 0 Å². The fraction of sp³-hybridized carbons (Fsp3) is 0.588. The van der Waals surface area contributed by atoms with E-state index in [9.17, 15) is 19.2 Å². The van der Waals surface area contributed by atoms with Crippen molar-refractivity contribution < 1.29 is 14.4 Å². The largest absolute Gasteiger partial charge is 0.353 e. The SMILES string of the molecule is Cc1nc(N2CCC(NC(=O)CCN3C(=O)CSC3=O)CC2)[nH]c(=O)c1C. The Morgan fingerprint density at radius 1 is 1.26 bits per heavy atom. The third-order valence-corrected chi connectivity index (χ3v) is 5.80. The van der Waals surface area contributed by atoms with Crippen LogP contribution < -0.4 is 15.8 Å². The van der Waals surface area contributed by atoms with E-state index in [1.807, 2.05) is 11.8 Å². The van der Waals surface area contributed by atoms with Gasteiger partial charge in [0.2, 0.25) is 17.8 Å². The first-order chi connectivity index (χ1) is 12.8. The minimum atomic E-state index is -0.281. The monoisotopic (exact) mass is 393 g/mol. The summed E-state index contributed by atoms with van der Waals surface area (Å²) in [5, 5.41) is 2.68. The summed E-state index contributed by atoms with van der Waals surface area (Å²) in [6.45, 7) is 5.04. The molecule has 2 fully saturated rings. The Balaban J connectivity index is 1.46. The molecule has 27 heavy (non-hydrogen) atoms. The number of aromatic amines is 1. The molecule has 3 amide bonds. The molecule has 0 unspecified atom stereocenters. The Hall–Kier alpha value is -2.36. The van der Waals surface area contributed by atoms with Crippen LogP contribution in [-0.2, 0) is 9.59 Å². The molecule has 0 saturated carbocycles. The summed E-state index contributed by atoms with van der Waals surface area (Å²) in [6, 6.07) is 0.0337. The van der Waals surface area contributed by atoms with E-state index in [2.05, 4.69) is 15.3 Å². The number of amides is 3. The van der Waals surface area contributed by atoms with Gasteiger partial charge in [-0.1, -0.05) is 11.8 Å². The van der Waals surface area contributed by atoms with Gasteiger partial charge in [-0.15, -0.1) is 0 Å². The van der Waals surface area contributed by atoms with Crippen LogP contribution >= 0.6 is 11.8 Å². The Morgan fingerprint density at radius 2 is 1.96 bits per heavy atom. The number of aromatic nitrogens is 2. The van der Waals surface area contributed by atoms with E-state index in [-0.39, 0.29) is 47.4 Å². The van der Waals surface area contributed by atoms with E-state index in [0.717, 1.165) is 29.5 Å². The van der Waals surface area contributed by atoms with Crippen LogP contribution in [0.1, 0.15) is 30.5 Å². The number of imide groups is 1. The van der Waals surface area contributed by atoms with Gasteiger partial charge in [-0.05, 0) is 26.7 Å². The van der Waals surface area contributed by atoms with Gasteiger partial charge in [0.15, 0.2) is 0 Å². The van der Waals surface area contributed by atoms with Crippen molar-refractivity contribution in [2.45, 2.75) is 39.2 Å². The molecule has 2 aliphatic heterocycles. The van der Waals surface area contributed by atoms with Crippen LogP contribution in [0.5, 0.6) is 0 Å². The molecule has 2 aliphatic rings. The number of nitrogens with one attached hydrogen (secondary N) is 2. The van der Waals surface area contributed by atoms with Crippen molar-refractivity contribution in [3.8, 4) is 0 Å². The highest BCUT2D eigenvalue weighted by Crippen LogP contribution is 2.19. The lowest BCUT2D eigenvalue weighted by molar-refractivity contribution is -0.125. The molecule has 1 aromatic rings. The van der Waals surface area contributed by atoms with Crippen LogP contribution in [-0.4, -0.2) is 63.4 Å². The van der Waals surface area contributed by atoms with Gasteiger partial charge in [-0.2, -0.15) is 0 Å². The summed E-state index contributed by atoms with van der Waals surface area (Å²) < 4.78 is 0. The minimum Gasteiger partial charge on any atom is -0.353 e. The average molecular weight is 393 g/mol. The highest BCUT2D eigenvalue weighted by atomic mass is 32.2. The molecule has 10 heteroatoms. The molecule has 1 aromatic heterocycles. The molecule has 2 N–H and O–H groups in total. The predicted octanol–water partition coefficient (Wildman–Crippen LogP) is 0.557. The maximum atomic E-state index is 12.1. The molecule has 0 aliphatic carbocycles. The molecule has 9 nitrogen and oxygen atoms in total. The van der Waals surface area contributed by atoms with Crippen molar-refractivity contribution in [1.29, 1.82) is 0 Å². The lowest BCUT2D eigenvalue weighted by Crippen LogP contribution is -2.46. The van der Waals surface area contributed by atoms with Gasteiger partial charge in [0.05, 0.1) is 5.75 Å². The molecule has 0 aromatic carbocycles. The normalized spacial score (nSPS) is 18.3. The first-order valence-corrected chi connectivity index (χ1v) is 9.92. The lowest BCUT2D eigenvalue weighted by atomic mass is 10.1. The lowest BCUT2D eigenvalue weighted by Gasteiger charge is -2.33. The van der Waals surface area contributed by atoms with Crippen LogP contribution in [0.4, 0.5) is 10.7 Å². The fourth-order valence-electron chi connectivity index (χ4n) is 3.13. The number of rotatable bonds is 5. The maximum Gasteiger partial charge on any atom is 0.288 e. The van der Waals surface area contributed by atoms with Gasteiger partial charge in [-0.3, -0.25) is 29.1 Å². The average Bonchev–Trinajstić information content (AvgIpc) is 2.96. The van der Waals surface area contributed by atoms with Crippen LogP contribution in [0.2, 0.25) is 0 Å². The van der Waals surface area contributed by atoms with E-state index in [0.29, 0.717) is 30.3 Å². The van der Waals surface area contributed by atoms with E-state index in [4.69, 9.17) is 0 Å². The third kappa shape index (κ3) is 4.49. The van der Waals surface area contributed by atoms with Crippen LogP contribution in [0.15, 0.2) is 4.79 Å². The molecule has 3 rings (SSSR count). The van der Waals surface area contributed by atoms with Gasteiger partial charge in [0.25, 0.3) is 10.8 Å². The highest BCUT2D eigenvalue weighted by molar-refractivity contribution is 8.14. The van der Waals surface area contributed by atoms with Crippen LogP contribution in [0.25, 0.3) is 0 Å². The van der Waals surface area contributed by atoms with Crippen molar-refractivity contribution >= 4 is 34.8 Å². The molecule has 0 spiro atoms. The predicted molar refractivity (Wildman–Crippen MR) is 102 cm³/mol. The van der Waals surface area contributed by atoms with Crippen LogP contribution in [0.3, 0.4) is 0 Å². The number of hydrogen-bond donors (Lipinski definition) is 2. The second-order valence-electron chi connectivity index (χ2n) is 6.78. The number of anilines is 1. The maximum absolute atomic E-state index is 12.1. The molecular weight excluding hydrogens is 370 g/mol. The topological polar surface area (TPSA) is 115 Å². The minimum absolute atomic E-state index is 0.0337. The summed E-state index contributed by atoms with van der Waals surface area (Å²) >= 11 is 0.971. The molecule has 146 valence electrons. The van der Waals surface area contributed by atoms with Gasteiger partial charge >= 0.3 is 0 Å². The summed E-state index contributed by atoms with van der Waals surface area (Å²) in [4.78, 5) is 57.5.